The molecule has 0 bridgehead atoms. The van der Waals surface area contributed by atoms with Gasteiger partial charge in [-0.05, 0) is 12.5 Å². The van der Waals surface area contributed by atoms with Crippen LogP contribution in [-0.4, -0.2) is 18.3 Å². The standard InChI is InChI=1S/C14H13N3O2/c1-2-3-16-14-9(6-15)7-17-11-5-13-12(4-10(11)14)18-8-19-13/h4-5,7H,2-3,8H2,1H3,(H,16,17). The molecule has 0 saturated carbocycles. The molecule has 0 unspecified atom stereocenters. The van der Waals surface area contributed by atoms with Crippen LogP contribution in [0.5, 0.6) is 11.5 Å². The lowest BCUT2D eigenvalue weighted by Gasteiger charge is -2.11. The first kappa shape index (κ1) is 11.6. The molecule has 0 amide bonds. The van der Waals surface area contributed by atoms with Crippen molar-refractivity contribution in [3.8, 4) is 17.6 Å². The molecule has 2 heterocycles. The normalized spacial score (nSPS) is 12.4. The molecule has 0 fully saturated rings. The highest BCUT2D eigenvalue weighted by Crippen LogP contribution is 2.38. The number of nitrogens with one attached hydrogen (secondary N) is 1. The van der Waals surface area contributed by atoms with Crippen molar-refractivity contribution < 1.29 is 9.47 Å². The van der Waals surface area contributed by atoms with Crippen molar-refractivity contribution in [1.29, 1.82) is 5.26 Å². The van der Waals surface area contributed by atoms with Gasteiger partial charge in [-0.25, -0.2) is 0 Å². The fourth-order valence-electron chi connectivity index (χ4n) is 2.11. The first-order valence-corrected chi connectivity index (χ1v) is 6.20. The van der Waals surface area contributed by atoms with Gasteiger partial charge in [-0.1, -0.05) is 6.92 Å². The van der Waals surface area contributed by atoms with Gasteiger partial charge in [-0.3, -0.25) is 4.98 Å². The van der Waals surface area contributed by atoms with Crippen molar-refractivity contribution in [2.45, 2.75) is 13.3 Å². The number of ether oxygens (including phenoxy) is 2. The van der Waals surface area contributed by atoms with Gasteiger partial charge in [0.25, 0.3) is 0 Å². The lowest BCUT2D eigenvalue weighted by Crippen LogP contribution is -2.03. The third-order valence-electron chi connectivity index (χ3n) is 3.03. The summed E-state index contributed by atoms with van der Waals surface area (Å²) in [5.41, 5.74) is 2.15. The molecule has 5 nitrogen and oxygen atoms in total. The molecule has 2 aromatic rings. The van der Waals surface area contributed by atoms with Crippen LogP contribution in [0.2, 0.25) is 0 Å². The lowest BCUT2D eigenvalue weighted by atomic mass is 10.1. The van der Waals surface area contributed by atoms with E-state index in [-0.39, 0.29) is 6.79 Å². The minimum absolute atomic E-state index is 0.231. The van der Waals surface area contributed by atoms with Crippen molar-refractivity contribution >= 4 is 16.6 Å². The van der Waals surface area contributed by atoms with Crippen molar-refractivity contribution in [2.24, 2.45) is 0 Å². The van der Waals surface area contributed by atoms with E-state index in [0.29, 0.717) is 17.1 Å². The molecule has 3 rings (SSSR count). The van der Waals surface area contributed by atoms with Crippen LogP contribution in [0, 0.1) is 11.3 Å². The van der Waals surface area contributed by atoms with Gasteiger partial charge in [-0.15, -0.1) is 0 Å². The number of nitriles is 1. The molecule has 1 aliphatic rings. The maximum Gasteiger partial charge on any atom is 0.231 e. The number of nitrogens with zero attached hydrogens (tertiary/aromatic N) is 2. The van der Waals surface area contributed by atoms with Crippen LogP contribution >= 0.6 is 0 Å². The number of hydrogen-bond acceptors (Lipinski definition) is 5. The minimum Gasteiger partial charge on any atom is -0.454 e. The van der Waals surface area contributed by atoms with Gasteiger partial charge in [0.1, 0.15) is 6.07 Å². The molecular formula is C14H13N3O2. The number of benzene rings is 1. The highest BCUT2D eigenvalue weighted by Gasteiger charge is 2.17. The summed E-state index contributed by atoms with van der Waals surface area (Å²) >= 11 is 0. The number of anilines is 1. The molecule has 5 heteroatoms. The Balaban J connectivity index is 2.21. The number of rotatable bonds is 3. The van der Waals surface area contributed by atoms with Gasteiger partial charge in [0.2, 0.25) is 6.79 Å². The molecule has 0 spiro atoms. The second-order valence-electron chi connectivity index (χ2n) is 4.31. The Kier molecular flexibility index (Phi) is 2.84. The van der Waals surface area contributed by atoms with Gasteiger partial charge < -0.3 is 14.8 Å². The number of aromatic nitrogens is 1. The third kappa shape index (κ3) is 1.91. The smallest absolute Gasteiger partial charge is 0.231 e. The van der Waals surface area contributed by atoms with Crippen LogP contribution in [0.25, 0.3) is 10.9 Å². The SMILES string of the molecule is CCCNc1c(C#N)cnc2cc3c(cc12)OCO3. The average molecular weight is 255 g/mol. The quantitative estimate of drug-likeness (QED) is 0.913. The van der Waals surface area contributed by atoms with E-state index in [4.69, 9.17) is 9.47 Å². The molecule has 1 aromatic heterocycles. The summed E-state index contributed by atoms with van der Waals surface area (Å²) in [5, 5.41) is 13.4. The Bertz CT molecular complexity index is 676. The molecule has 96 valence electrons. The fourth-order valence-corrected chi connectivity index (χ4v) is 2.11. The van der Waals surface area contributed by atoms with Crippen molar-refractivity contribution in [3.63, 3.8) is 0 Å². The van der Waals surface area contributed by atoms with Crippen LogP contribution in [0.15, 0.2) is 18.3 Å². The van der Waals surface area contributed by atoms with Crippen LogP contribution < -0.4 is 14.8 Å². The fraction of sp³-hybridized carbons (Fsp3) is 0.286. The molecule has 0 radical (unpaired) electrons. The first-order chi connectivity index (χ1) is 9.33. The van der Waals surface area contributed by atoms with E-state index in [0.717, 1.165) is 29.6 Å². The van der Waals surface area contributed by atoms with E-state index in [9.17, 15) is 5.26 Å². The Morgan fingerprint density at radius 1 is 1.37 bits per heavy atom. The molecule has 1 N–H and O–H groups in total. The summed E-state index contributed by atoms with van der Waals surface area (Å²) < 4.78 is 10.7. The first-order valence-electron chi connectivity index (χ1n) is 6.20. The zero-order valence-corrected chi connectivity index (χ0v) is 10.6. The molecule has 1 aromatic carbocycles. The van der Waals surface area contributed by atoms with Crippen molar-refractivity contribution in [3.05, 3.63) is 23.9 Å². The topological polar surface area (TPSA) is 67.2 Å². The summed E-state index contributed by atoms with van der Waals surface area (Å²) in [6.07, 6.45) is 2.57. The maximum atomic E-state index is 9.18. The number of fused-ring (bicyclic) bond motifs is 2. The Morgan fingerprint density at radius 2 is 2.16 bits per heavy atom. The van der Waals surface area contributed by atoms with E-state index in [1.54, 1.807) is 6.20 Å². The second-order valence-corrected chi connectivity index (χ2v) is 4.31. The van der Waals surface area contributed by atoms with E-state index >= 15 is 0 Å². The zero-order valence-electron chi connectivity index (χ0n) is 10.6. The van der Waals surface area contributed by atoms with Gasteiger partial charge in [-0.2, -0.15) is 5.26 Å². The Labute approximate surface area is 110 Å². The summed E-state index contributed by atoms with van der Waals surface area (Å²) in [7, 11) is 0. The van der Waals surface area contributed by atoms with Crippen LogP contribution in [0.4, 0.5) is 5.69 Å². The average Bonchev–Trinajstić information content (AvgIpc) is 2.89. The van der Waals surface area contributed by atoms with E-state index in [2.05, 4.69) is 23.3 Å². The predicted octanol–water partition coefficient (Wildman–Crippen LogP) is 2.66. The van der Waals surface area contributed by atoms with Gasteiger partial charge >= 0.3 is 0 Å². The third-order valence-corrected chi connectivity index (χ3v) is 3.03. The van der Waals surface area contributed by atoms with E-state index in [1.807, 2.05) is 12.1 Å². The van der Waals surface area contributed by atoms with Gasteiger partial charge in [0.15, 0.2) is 11.5 Å². The monoisotopic (exact) mass is 255 g/mol. The summed E-state index contributed by atoms with van der Waals surface area (Å²) in [4.78, 5) is 4.30. The van der Waals surface area contributed by atoms with Crippen LogP contribution in [-0.2, 0) is 0 Å². The van der Waals surface area contributed by atoms with Crippen LogP contribution in [0.1, 0.15) is 18.9 Å². The summed E-state index contributed by atoms with van der Waals surface area (Å²) in [6.45, 7) is 3.12. The zero-order chi connectivity index (χ0) is 13.2. The van der Waals surface area contributed by atoms with Gasteiger partial charge in [0, 0.05) is 24.2 Å². The van der Waals surface area contributed by atoms with Crippen LogP contribution in [0.3, 0.4) is 0 Å². The number of pyridine rings is 1. The molecule has 0 saturated heterocycles. The summed E-state index contributed by atoms with van der Waals surface area (Å²) in [6, 6.07) is 5.89. The Morgan fingerprint density at radius 3 is 2.89 bits per heavy atom. The molecule has 0 aliphatic carbocycles. The summed E-state index contributed by atoms with van der Waals surface area (Å²) in [5.74, 6) is 1.40. The largest absolute Gasteiger partial charge is 0.454 e. The minimum atomic E-state index is 0.231. The highest BCUT2D eigenvalue weighted by atomic mass is 16.7. The Hall–Kier alpha value is -2.48. The van der Waals surface area contributed by atoms with E-state index < -0.39 is 0 Å². The van der Waals surface area contributed by atoms with Crippen molar-refractivity contribution in [2.75, 3.05) is 18.7 Å². The number of hydrogen-bond donors (Lipinski definition) is 1. The van der Waals surface area contributed by atoms with Crippen molar-refractivity contribution in [1.82, 2.24) is 4.98 Å². The molecule has 1 aliphatic heterocycles. The molecule has 0 atom stereocenters. The molecule has 19 heavy (non-hydrogen) atoms. The van der Waals surface area contributed by atoms with E-state index in [1.165, 1.54) is 0 Å². The highest BCUT2D eigenvalue weighted by molar-refractivity contribution is 5.96. The predicted molar refractivity (Wildman–Crippen MR) is 71.4 cm³/mol. The lowest BCUT2D eigenvalue weighted by molar-refractivity contribution is 0.174. The van der Waals surface area contributed by atoms with Gasteiger partial charge in [0.05, 0.1) is 16.8 Å². The molecular weight excluding hydrogens is 242 g/mol. The second kappa shape index (κ2) is 4.65. The maximum absolute atomic E-state index is 9.18.